The molecule has 2 fully saturated rings. The summed E-state index contributed by atoms with van der Waals surface area (Å²) in [6.45, 7) is 1.19. The highest BCUT2D eigenvalue weighted by Gasteiger charge is 2.29. The summed E-state index contributed by atoms with van der Waals surface area (Å²) in [6.07, 6.45) is 4.97. The fraction of sp³-hybridized carbons (Fsp3) is 0.435. The molecule has 0 radical (unpaired) electrons. The molecule has 2 aliphatic rings. The number of hydrogen-bond acceptors (Lipinski definition) is 6. The molecule has 1 aliphatic heterocycles. The van der Waals surface area contributed by atoms with Gasteiger partial charge in [0.1, 0.15) is 17.6 Å². The highest BCUT2D eigenvalue weighted by molar-refractivity contribution is 5.95. The van der Waals surface area contributed by atoms with Gasteiger partial charge in [0.15, 0.2) is 0 Å². The predicted molar refractivity (Wildman–Crippen MR) is 115 cm³/mol. The largest absolute Gasteiger partial charge is 0.497 e. The molecule has 0 bridgehead atoms. The Hall–Kier alpha value is -3.29. The lowest BCUT2D eigenvalue weighted by Crippen LogP contribution is -2.41. The van der Waals surface area contributed by atoms with Crippen molar-refractivity contribution in [3.05, 3.63) is 42.1 Å². The number of hydrogen-bond donors (Lipinski definition) is 1. The van der Waals surface area contributed by atoms with Gasteiger partial charge in [0.25, 0.3) is 5.91 Å². The van der Waals surface area contributed by atoms with E-state index >= 15 is 0 Å². The predicted octanol–water partition coefficient (Wildman–Crippen LogP) is 3.13. The second-order valence-corrected chi connectivity index (χ2v) is 7.86. The number of methoxy groups -OCH3 is 2. The van der Waals surface area contributed by atoms with Crippen LogP contribution in [0.5, 0.6) is 17.4 Å². The Labute approximate surface area is 181 Å². The van der Waals surface area contributed by atoms with E-state index in [0.717, 1.165) is 12.8 Å². The van der Waals surface area contributed by atoms with E-state index in [1.807, 2.05) is 4.90 Å². The highest BCUT2D eigenvalue weighted by Crippen LogP contribution is 2.30. The number of aromatic nitrogens is 1. The third-order valence-corrected chi connectivity index (χ3v) is 5.57. The molecule has 0 atom stereocenters. The lowest BCUT2D eigenvalue weighted by molar-refractivity contribution is -0.117. The molecule has 1 aliphatic carbocycles. The Morgan fingerprint density at radius 1 is 1.00 bits per heavy atom. The summed E-state index contributed by atoms with van der Waals surface area (Å²) >= 11 is 0. The van der Waals surface area contributed by atoms with Crippen LogP contribution in [0.4, 0.5) is 5.69 Å². The molecule has 0 spiro atoms. The average Bonchev–Trinajstić information content (AvgIpc) is 3.65. The van der Waals surface area contributed by atoms with Crippen molar-refractivity contribution in [2.75, 3.05) is 32.6 Å². The van der Waals surface area contributed by atoms with Gasteiger partial charge >= 0.3 is 0 Å². The molecular weight excluding hydrogens is 398 g/mol. The standard InChI is InChI=1S/C23H27N3O5/c1-29-19-11-16(12-20(13-19)30-2)23(28)26-9-7-18(8-10-26)31-21-6-5-17(14-24-21)25-22(27)15-3-4-15/h5-6,11-15,18H,3-4,7-10H2,1-2H3,(H,25,27). The zero-order chi connectivity index (χ0) is 21.8. The van der Waals surface area contributed by atoms with Gasteiger partial charge in [0.2, 0.25) is 11.8 Å². The summed E-state index contributed by atoms with van der Waals surface area (Å²) in [5.74, 6) is 1.85. The Balaban J connectivity index is 1.29. The van der Waals surface area contributed by atoms with Crippen molar-refractivity contribution in [3.63, 3.8) is 0 Å². The number of anilines is 1. The van der Waals surface area contributed by atoms with Crippen molar-refractivity contribution < 1.29 is 23.8 Å². The van der Waals surface area contributed by atoms with Gasteiger partial charge in [-0.05, 0) is 31.0 Å². The van der Waals surface area contributed by atoms with Gasteiger partial charge in [-0.3, -0.25) is 9.59 Å². The van der Waals surface area contributed by atoms with Crippen LogP contribution in [0.1, 0.15) is 36.0 Å². The van der Waals surface area contributed by atoms with Gasteiger partial charge in [-0.25, -0.2) is 4.98 Å². The topological polar surface area (TPSA) is 90.0 Å². The fourth-order valence-electron chi connectivity index (χ4n) is 3.57. The van der Waals surface area contributed by atoms with Gasteiger partial charge < -0.3 is 24.4 Å². The highest BCUT2D eigenvalue weighted by atomic mass is 16.5. The first-order valence-corrected chi connectivity index (χ1v) is 10.5. The lowest BCUT2D eigenvalue weighted by Gasteiger charge is -2.32. The molecule has 1 saturated carbocycles. The molecule has 1 aromatic heterocycles. The quantitative estimate of drug-likeness (QED) is 0.733. The van der Waals surface area contributed by atoms with Crippen molar-refractivity contribution in [1.29, 1.82) is 0 Å². The van der Waals surface area contributed by atoms with Crippen molar-refractivity contribution in [3.8, 4) is 17.4 Å². The Morgan fingerprint density at radius 3 is 2.23 bits per heavy atom. The number of nitrogens with zero attached hydrogens (tertiary/aromatic N) is 2. The van der Waals surface area contributed by atoms with E-state index < -0.39 is 0 Å². The molecule has 1 aromatic carbocycles. The number of likely N-dealkylation sites (tertiary alicyclic amines) is 1. The number of pyridine rings is 1. The zero-order valence-electron chi connectivity index (χ0n) is 17.8. The first-order valence-electron chi connectivity index (χ1n) is 10.5. The van der Waals surface area contributed by atoms with Crippen LogP contribution >= 0.6 is 0 Å². The third-order valence-electron chi connectivity index (χ3n) is 5.57. The Kier molecular flexibility index (Phi) is 6.25. The number of piperidine rings is 1. The smallest absolute Gasteiger partial charge is 0.254 e. The van der Waals surface area contributed by atoms with Gasteiger partial charge in [-0.1, -0.05) is 0 Å². The van der Waals surface area contributed by atoms with Crippen molar-refractivity contribution >= 4 is 17.5 Å². The normalized spacial score (nSPS) is 16.5. The van der Waals surface area contributed by atoms with E-state index in [1.54, 1.807) is 50.7 Å². The van der Waals surface area contributed by atoms with Crippen LogP contribution in [-0.4, -0.2) is 55.1 Å². The minimum Gasteiger partial charge on any atom is -0.497 e. The number of amides is 2. The van der Waals surface area contributed by atoms with Crippen LogP contribution < -0.4 is 19.5 Å². The van der Waals surface area contributed by atoms with Crippen LogP contribution in [0.25, 0.3) is 0 Å². The first kappa shape index (κ1) is 21.0. The summed E-state index contributed by atoms with van der Waals surface area (Å²) in [7, 11) is 3.13. The van der Waals surface area contributed by atoms with Crippen LogP contribution in [0, 0.1) is 5.92 Å². The number of benzene rings is 1. The summed E-state index contributed by atoms with van der Waals surface area (Å²) in [5, 5.41) is 2.87. The SMILES string of the molecule is COc1cc(OC)cc(C(=O)N2CCC(Oc3ccc(NC(=O)C4CC4)cn3)CC2)c1. The maximum absolute atomic E-state index is 12.9. The molecule has 1 N–H and O–H groups in total. The van der Waals surface area contributed by atoms with E-state index in [0.29, 0.717) is 54.6 Å². The number of carbonyl (C=O) groups excluding carboxylic acids is 2. The monoisotopic (exact) mass is 425 g/mol. The Bertz CT molecular complexity index is 912. The second-order valence-electron chi connectivity index (χ2n) is 7.86. The maximum atomic E-state index is 12.9. The molecular formula is C23H27N3O5. The van der Waals surface area contributed by atoms with Crippen molar-refractivity contribution in [2.24, 2.45) is 5.92 Å². The zero-order valence-corrected chi connectivity index (χ0v) is 17.8. The van der Waals surface area contributed by atoms with Crippen LogP contribution in [0.2, 0.25) is 0 Å². The molecule has 8 nitrogen and oxygen atoms in total. The second kappa shape index (κ2) is 9.24. The van der Waals surface area contributed by atoms with Crippen LogP contribution in [0.15, 0.2) is 36.5 Å². The first-order chi connectivity index (χ1) is 15.1. The summed E-state index contributed by atoms with van der Waals surface area (Å²) in [5.41, 5.74) is 1.22. The van der Waals surface area contributed by atoms with E-state index in [4.69, 9.17) is 14.2 Å². The minimum atomic E-state index is -0.0514. The summed E-state index contributed by atoms with van der Waals surface area (Å²) in [6, 6.07) is 8.76. The third kappa shape index (κ3) is 5.25. The Morgan fingerprint density at radius 2 is 1.68 bits per heavy atom. The van der Waals surface area contributed by atoms with Gasteiger partial charge in [-0.2, -0.15) is 0 Å². The molecule has 0 unspecified atom stereocenters. The summed E-state index contributed by atoms with van der Waals surface area (Å²) in [4.78, 5) is 30.8. The fourth-order valence-corrected chi connectivity index (χ4v) is 3.57. The maximum Gasteiger partial charge on any atom is 0.254 e. The van der Waals surface area contributed by atoms with Crippen molar-refractivity contribution in [2.45, 2.75) is 31.8 Å². The van der Waals surface area contributed by atoms with E-state index in [1.165, 1.54) is 0 Å². The number of ether oxygens (including phenoxy) is 3. The van der Waals surface area contributed by atoms with Crippen LogP contribution in [-0.2, 0) is 4.79 Å². The number of nitrogens with one attached hydrogen (secondary N) is 1. The number of carbonyl (C=O) groups is 2. The van der Waals surface area contributed by atoms with E-state index in [9.17, 15) is 9.59 Å². The minimum absolute atomic E-state index is 0.0108. The van der Waals surface area contributed by atoms with E-state index in [2.05, 4.69) is 10.3 Å². The molecule has 4 rings (SSSR count). The summed E-state index contributed by atoms with van der Waals surface area (Å²) < 4.78 is 16.5. The lowest BCUT2D eigenvalue weighted by atomic mass is 10.1. The van der Waals surface area contributed by atoms with Gasteiger partial charge in [0, 0.05) is 49.5 Å². The molecule has 2 amide bonds. The molecule has 2 heterocycles. The van der Waals surface area contributed by atoms with E-state index in [-0.39, 0.29) is 23.8 Å². The molecule has 2 aromatic rings. The molecule has 8 heteroatoms. The van der Waals surface area contributed by atoms with Crippen molar-refractivity contribution in [1.82, 2.24) is 9.88 Å². The molecule has 1 saturated heterocycles. The average molecular weight is 425 g/mol. The molecule has 164 valence electrons. The van der Waals surface area contributed by atoms with Crippen LogP contribution in [0.3, 0.4) is 0 Å². The number of rotatable bonds is 7. The van der Waals surface area contributed by atoms with Gasteiger partial charge in [-0.15, -0.1) is 0 Å². The van der Waals surface area contributed by atoms with Gasteiger partial charge in [0.05, 0.1) is 26.1 Å². The molecule has 31 heavy (non-hydrogen) atoms.